The molecule has 0 fully saturated rings. The van der Waals surface area contributed by atoms with E-state index in [1.165, 1.54) is 6.20 Å². The maximum Gasteiger partial charge on any atom is 0.295 e. The number of hydrogen-bond acceptors (Lipinski definition) is 5. The van der Waals surface area contributed by atoms with Gasteiger partial charge >= 0.3 is 0 Å². The summed E-state index contributed by atoms with van der Waals surface area (Å²) in [5, 5.41) is 7.27. The molecule has 0 amide bonds. The lowest BCUT2D eigenvalue weighted by Gasteiger charge is -2.09. The molecule has 0 aliphatic rings. The Morgan fingerprint density at radius 1 is 1.15 bits per heavy atom. The Bertz CT molecular complexity index is 1100. The molecule has 0 saturated carbocycles. The van der Waals surface area contributed by atoms with Crippen molar-refractivity contribution in [3.8, 4) is 11.7 Å². The van der Waals surface area contributed by atoms with Crippen molar-refractivity contribution in [1.29, 1.82) is 0 Å². The second-order valence-corrected chi connectivity index (χ2v) is 5.90. The number of aromatic amines is 1. The van der Waals surface area contributed by atoms with Crippen LogP contribution in [-0.2, 0) is 0 Å². The van der Waals surface area contributed by atoms with Crippen LogP contribution < -0.4 is 15.6 Å². The number of nitrogens with zero attached hydrogens (tertiary/aromatic N) is 3. The number of anilines is 2. The summed E-state index contributed by atoms with van der Waals surface area (Å²) in [4.78, 5) is 20.0. The molecule has 8 heteroatoms. The van der Waals surface area contributed by atoms with Crippen molar-refractivity contribution in [2.75, 3.05) is 12.4 Å². The minimum atomic E-state index is -0.468. The molecule has 0 aliphatic heterocycles. The monoisotopic (exact) mass is 367 g/mol. The quantitative estimate of drug-likeness (QED) is 0.576. The van der Waals surface area contributed by atoms with E-state index in [9.17, 15) is 4.79 Å². The second-order valence-electron chi connectivity index (χ2n) is 5.52. The summed E-state index contributed by atoms with van der Waals surface area (Å²) in [5.41, 5.74) is 2.26. The van der Waals surface area contributed by atoms with Gasteiger partial charge in [-0.2, -0.15) is 9.78 Å². The van der Waals surface area contributed by atoms with Crippen LogP contribution in [0, 0.1) is 0 Å². The van der Waals surface area contributed by atoms with E-state index in [4.69, 9.17) is 16.3 Å². The van der Waals surface area contributed by atoms with Crippen molar-refractivity contribution >= 4 is 34.0 Å². The normalized spacial score (nSPS) is 10.8. The second kappa shape index (κ2) is 6.53. The van der Waals surface area contributed by atoms with Gasteiger partial charge < -0.3 is 15.0 Å². The van der Waals surface area contributed by atoms with E-state index in [1.54, 1.807) is 19.2 Å². The van der Waals surface area contributed by atoms with Crippen LogP contribution in [0.5, 0.6) is 5.75 Å². The third-order valence-corrected chi connectivity index (χ3v) is 4.23. The number of hydrogen-bond donors (Lipinski definition) is 2. The highest BCUT2D eigenvalue weighted by molar-refractivity contribution is 6.33. The molecule has 0 unspecified atom stereocenters. The first kappa shape index (κ1) is 16.2. The highest BCUT2D eigenvalue weighted by Gasteiger charge is 2.13. The van der Waals surface area contributed by atoms with E-state index in [2.05, 4.69) is 20.4 Å². The number of fused-ring (bicyclic) bond motifs is 1. The van der Waals surface area contributed by atoms with Crippen molar-refractivity contribution in [3.05, 3.63) is 70.1 Å². The van der Waals surface area contributed by atoms with Gasteiger partial charge in [0.15, 0.2) is 0 Å². The minimum absolute atomic E-state index is 0.0243. The SMILES string of the molecule is COc1ccc(Nc2cnn(-c3nc4ccccc4[nH]3)c(=O)c2Cl)cc1. The van der Waals surface area contributed by atoms with Gasteiger partial charge in [0.1, 0.15) is 10.8 Å². The molecule has 2 aromatic heterocycles. The van der Waals surface area contributed by atoms with E-state index in [0.717, 1.165) is 27.2 Å². The predicted molar refractivity (Wildman–Crippen MR) is 101 cm³/mol. The first-order valence-corrected chi connectivity index (χ1v) is 8.17. The summed E-state index contributed by atoms with van der Waals surface area (Å²) in [6, 6.07) is 14.7. The minimum Gasteiger partial charge on any atom is -0.497 e. The maximum atomic E-state index is 12.6. The number of imidazole rings is 1. The van der Waals surface area contributed by atoms with Crippen LogP contribution in [0.15, 0.2) is 59.5 Å². The molecular formula is C18H14ClN5O2. The third-order valence-electron chi connectivity index (χ3n) is 3.87. The summed E-state index contributed by atoms with van der Waals surface area (Å²) in [7, 11) is 1.60. The Labute approximate surface area is 153 Å². The Kier molecular flexibility index (Phi) is 4.06. The van der Waals surface area contributed by atoms with Crippen molar-refractivity contribution in [2.45, 2.75) is 0 Å². The summed E-state index contributed by atoms with van der Waals surface area (Å²) < 4.78 is 6.26. The number of H-pyrrole nitrogens is 1. The van der Waals surface area contributed by atoms with Crippen LogP contribution in [0.1, 0.15) is 0 Å². The van der Waals surface area contributed by atoms with Gasteiger partial charge in [-0.25, -0.2) is 4.98 Å². The third kappa shape index (κ3) is 2.89. The zero-order valence-corrected chi connectivity index (χ0v) is 14.5. The van der Waals surface area contributed by atoms with Gasteiger partial charge in [-0.1, -0.05) is 23.7 Å². The first-order chi connectivity index (χ1) is 12.7. The van der Waals surface area contributed by atoms with E-state index in [0.29, 0.717) is 11.6 Å². The van der Waals surface area contributed by atoms with Gasteiger partial charge in [0.2, 0.25) is 5.95 Å². The lowest BCUT2D eigenvalue weighted by atomic mass is 10.3. The summed E-state index contributed by atoms with van der Waals surface area (Å²) in [6.45, 7) is 0. The average molecular weight is 368 g/mol. The first-order valence-electron chi connectivity index (χ1n) is 7.80. The number of halogens is 1. The Hall–Kier alpha value is -3.32. The Morgan fingerprint density at radius 3 is 2.65 bits per heavy atom. The van der Waals surface area contributed by atoms with Gasteiger partial charge in [-0.3, -0.25) is 4.79 Å². The number of para-hydroxylation sites is 2. The summed E-state index contributed by atoms with van der Waals surface area (Å²) in [6.07, 6.45) is 1.49. The molecule has 0 bridgehead atoms. The molecule has 4 aromatic rings. The van der Waals surface area contributed by atoms with E-state index in [1.807, 2.05) is 36.4 Å². The highest BCUT2D eigenvalue weighted by atomic mass is 35.5. The number of rotatable bonds is 4. The summed E-state index contributed by atoms with van der Waals surface area (Å²) in [5.74, 6) is 1.05. The molecule has 2 heterocycles. The van der Waals surface area contributed by atoms with Crippen molar-refractivity contribution in [2.24, 2.45) is 0 Å². The molecule has 130 valence electrons. The largest absolute Gasteiger partial charge is 0.497 e. The van der Waals surface area contributed by atoms with Crippen molar-refractivity contribution < 1.29 is 4.74 Å². The molecule has 0 spiro atoms. The molecule has 0 atom stereocenters. The van der Waals surface area contributed by atoms with E-state index in [-0.39, 0.29) is 5.02 Å². The average Bonchev–Trinajstić information content (AvgIpc) is 3.10. The zero-order chi connectivity index (χ0) is 18.1. The molecule has 7 nitrogen and oxygen atoms in total. The molecule has 2 aromatic carbocycles. The summed E-state index contributed by atoms with van der Waals surface area (Å²) >= 11 is 6.25. The molecule has 0 aliphatic carbocycles. The fourth-order valence-corrected chi connectivity index (χ4v) is 2.72. The Morgan fingerprint density at radius 2 is 1.92 bits per heavy atom. The number of ether oxygens (including phenoxy) is 1. The zero-order valence-electron chi connectivity index (χ0n) is 13.7. The van der Waals surface area contributed by atoms with E-state index < -0.39 is 5.56 Å². The number of methoxy groups -OCH3 is 1. The number of aromatic nitrogens is 4. The van der Waals surface area contributed by atoms with Gasteiger partial charge in [0, 0.05) is 5.69 Å². The standard InChI is InChI=1S/C18H14ClN5O2/c1-26-12-8-6-11(7-9-12)21-15-10-20-24(17(25)16(15)19)18-22-13-4-2-3-5-14(13)23-18/h2-10,21H,1H3,(H,22,23). The van der Waals surface area contributed by atoms with Gasteiger partial charge in [0.05, 0.1) is 30.0 Å². The van der Waals surface area contributed by atoms with Gasteiger partial charge in [0.25, 0.3) is 5.56 Å². The van der Waals surface area contributed by atoms with Crippen LogP contribution in [0.25, 0.3) is 17.0 Å². The maximum absolute atomic E-state index is 12.6. The number of nitrogens with one attached hydrogen (secondary N) is 2. The highest BCUT2D eigenvalue weighted by Crippen LogP contribution is 2.23. The molecule has 0 saturated heterocycles. The molecule has 4 rings (SSSR count). The fraction of sp³-hybridized carbons (Fsp3) is 0.0556. The van der Waals surface area contributed by atoms with Crippen molar-refractivity contribution in [1.82, 2.24) is 19.7 Å². The van der Waals surface area contributed by atoms with Crippen LogP contribution in [-0.4, -0.2) is 26.9 Å². The van der Waals surface area contributed by atoms with E-state index >= 15 is 0 Å². The van der Waals surface area contributed by atoms with Crippen molar-refractivity contribution in [3.63, 3.8) is 0 Å². The molecule has 26 heavy (non-hydrogen) atoms. The van der Waals surface area contributed by atoms with Crippen LogP contribution >= 0.6 is 11.6 Å². The van der Waals surface area contributed by atoms with Crippen LogP contribution in [0.3, 0.4) is 0 Å². The Balaban J connectivity index is 1.69. The van der Waals surface area contributed by atoms with Gasteiger partial charge in [-0.15, -0.1) is 0 Å². The smallest absolute Gasteiger partial charge is 0.295 e. The molecule has 0 radical (unpaired) electrons. The van der Waals surface area contributed by atoms with Crippen LogP contribution in [0.2, 0.25) is 5.02 Å². The van der Waals surface area contributed by atoms with Crippen LogP contribution in [0.4, 0.5) is 11.4 Å². The topological polar surface area (TPSA) is 84.8 Å². The van der Waals surface area contributed by atoms with Gasteiger partial charge in [-0.05, 0) is 36.4 Å². The fourth-order valence-electron chi connectivity index (χ4n) is 2.54. The molecule has 2 N–H and O–H groups in total. The molecular weight excluding hydrogens is 354 g/mol. The predicted octanol–water partition coefficient (Wildman–Crippen LogP) is 3.51. The lowest BCUT2D eigenvalue weighted by Crippen LogP contribution is -2.23. The lowest BCUT2D eigenvalue weighted by molar-refractivity contribution is 0.415. The number of benzene rings is 2.